The maximum atomic E-state index is 12.7. The van der Waals surface area contributed by atoms with Gasteiger partial charge in [0, 0.05) is 24.0 Å². The first-order chi connectivity index (χ1) is 8.70. The molecule has 0 saturated heterocycles. The van der Waals surface area contributed by atoms with Crippen LogP contribution in [-0.2, 0) is 13.2 Å². The van der Waals surface area contributed by atoms with Crippen molar-refractivity contribution in [1.29, 1.82) is 0 Å². The van der Waals surface area contributed by atoms with Gasteiger partial charge in [-0.1, -0.05) is 0 Å². The second-order valence-corrected chi connectivity index (χ2v) is 3.81. The van der Waals surface area contributed by atoms with Crippen molar-refractivity contribution in [1.82, 2.24) is 4.98 Å². The van der Waals surface area contributed by atoms with E-state index in [0.29, 0.717) is 17.7 Å². The SMILES string of the molecule is OCc1c(O)cncc1CNc1ccc(F)cc1. The van der Waals surface area contributed by atoms with E-state index in [1.54, 1.807) is 18.3 Å². The Kier molecular flexibility index (Phi) is 3.74. The monoisotopic (exact) mass is 248 g/mol. The Morgan fingerprint density at radius 2 is 1.89 bits per heavy atom. The number of hydrogen-bond acceptors (Lipinski definition) is 4. The Balaban J connectivity index is 2.10. The number of aliphatic hydroxyl groups excluding tert-OH is 1. The van der Waals surface area contributed by atoms with Crippen LogP contribution in [0.25, 0.3) is 0 Å². The van der Waals surface area contributed by atoms with Gasteiger partial charge in [-0.3, -0.25) is 4.98 Å². The molecule has 2 aromatic rings. The zero-order valence-electron chi connectivity index (χ0n) is 9.60. The molecule has 0 bridgehead atoms. The van der Waals surface area contributed by atoms with Crippen molar-refractivity contribution in [3.63, 3.8) is 0 Å². The molecule has 1 aromatic heterocycles. The van der Waals surface area contributed by atoms with Gasteiger partial charge < -0.3 is 15.5 Å². The minimum absolute atomic E-state index is 0.0316. The molecule has 0 amide bonds. The molecule has 0 saturated carbocycles. The van der Waals surface area contributed by atoms with Gasteiger partial charge in [-0.25, -0.2) is 4.39 Å². The predicted octanol–water partition coefficient (Wildman–Crippen LogP) is 2.03. The molecule has 0 radical (unpaired) electrons. The second kappa shape index (κ2) is 5.46. The number of pyridine rings is 1. The van der Waals surface area contributed by atoms with E-state index in [1.807, 2.05) is 0 Å². The smallest absolute Gasteiger partial charge is 0.139 e. The van der Waals surface area contributed by atoms with Crippen molar-refractivity contribution < 1.29 is 14.6 Å². The van der Waals surface area contributed by atoms with Crippen molar-refractivity contribution in [2.45, 2.75) is 13.2 Å². The molecule has 0 unspecified atom stereocenters. The van der Waals surface area contributed by atoms with Gasteiger partial charge in [0.25, 0.3) is 0 Å². The van der Waals surface area contributed by atoms with Crippen LogP contribution in [0.15, 0.2) is 36.7 Å². The van der Waals surface area contributed by atoms with E-state index in [-0.39, 0.29) is 18.2 Å². The zero-order chi connectivity index (χ0) is 13.0. The highest BCUT2D eigenvalue weighted by molar-refractivity contribution is 5.45. The quantitative estimate of drug-likeness (QED) is 0.774. The second-order valence-electron chi connectivity index (χ2n) is 3.81. The molecule has 0 spiro atoms. The van der Waals surface area contributed by atoms with E-state index in [2.05, 4.69) is 10.3 Å². The summed E-state index contributed by atoms with van der Waals surface area (Å²) < 4.78 is 12.7. The number of benzene rings is 1. The third kappa shape index (κ3) is 2.75. The number of anilines is 1. The normalized spacial score (nSPS) is 10.3. The van der Waals surface area contributed by atoms with E-state index in [1.165, 1.54) is 18.3 Å². The summed E-state index contributed by atoms with van der Waals surface area (Å²) in [4.78, 5) is 3.86. The Labute approximate surface area is 104 Å². The van der Waals surface area contributed by atoms with Crippen LogP contribution in [0.4, 0.5) is 10.1 Å². The molecule has 5 heteroatoms. The van der Waals surface area contributed by atoms with Crippen LogP contribution in [-0.4, -0.2) is 15.2 Å². The predicted molar refractivity (Wildman–Crippen MR) is 65.6 cm³/mol. The molecule has 0 fully saturated rings. The average molecular weight is 248 g/mol. The molecule has 2 rings (SSSR count). The molecular formula is C13H13FN2O2. The van der Waals surface area contributed by atoms with Crippen LogP contribution in [0.1, 0.15) is 11.1 Å². The summed E-state index contributed by atoms with van der Waals surface area (Å²) in [5.41, 5.74) is 1.89. The molecule has 3 N–H and O–H groups in total. The number of aromatic nitrogens is 1. The number of hydrogen-bond donors (Lipinski definition) is 3. The maximum Gasteiger partial charge on any atom is 0.139 e. The highest BCUT2D eigenvalue weighted by atomic mass is 19.1. The molecule has 0 aliphatic rings. The van der Waals surface area contributed by atoms with Crippen molar-refractivity contribution in [3.05, 3.63) is 53.6 Å². The van der Waals surface area contributed by atoms with Gasteiger partial charge in [0.1, 0.15) is 11.6 Å². The topological polar surface area (TPSA) is 65.4 Å². The van der Waals surface area contributed by atoms with Crippen LogP contribution >= 0.6 is 0 Å². The van der Waals surface area contributed by atoms with Gasteiger partial charge in [0.15, 0.2) is 0 Å². The van der Waals surface area contributed by atoms with Crippen LogP contribution in [0.3, 0.4) is 0 Å². The molecule has 0 aliphatic heterocycles. The summed E-state index contributed by atoms with van der Waals surface area (Å²) in [6.45, 7) is 0.137. The van der Waals surface area contributed by atoms with Gasteiger partial charge in [0.05, 0.1) is 12.8 Å². The van der Waals surface area contributed by atoms with E-state index in [0.717, 1.165) is 5.69 Å². The number of nitrogens with zero attached hydrogens (tertiary/aromatic N) is 1. The Hall–Kier alpha value is -2.14. The minimum Gasteiger partial charge on any atom is -0.506 e. The first kappa shape index (κ1) is 12.3. The van der Waals surface area contributed by atoms with Gasteiger partial charge >= 0.3 is 0 Å². The summed E-state index contributed by atoms with van der Waals surface area (Å²) >= 11 is 0. The Morgan fingerprint density at radius 3 is 2.56 bits per heavy atom. The average Bonchev–Trinajstić information content (AvgIpc) is 2.38. The molecule has 1 heterocycles. The third-order valence-corrected chi connectivity index (χ3v) is 2.61. The van der Waals surface area contributed by atoms with Crippen molar-refractivity contribution in [2.24, 2.45) is 0 Å². The fourth-order valence-corrected chi connectivity index (χ4v) is 1.62. The third-order valence-electron chi connectivity index (χ3n) is 2.61. The lowest BCUT2D eigenvalue weighted by atomic mass is 10.1. The minimum atomic E-state index is -0.296. The van der Waals surface area contributed by atoms with Crippen LogP contribution in [0.2, 0.25) is 0 Å². The van der Waals surface area contributed by atoms with E-state index >= 15 is 0 Å². The number of rotatable bonds is 4. The summed E-state index contributed by atoms with van der Waals surface area (Å²) in [5.74, 6) is -0.327. The van der Waals surface area contributed by atoms with Gasteiger partial charge in [0.2, 0.25) is 0 Å². The van der Waals surface area contributed by atoms with Crippen LogP contribution < -0.4 is 5.32 Å². The van der Waals surface area contributed by atoms with Gasteiger partial charge in [-0.2, -0.15) is 0 Å². The van der Waals surface area contributed by atoms with Crippen LogP contribution in [0, 0.1) is 5.82 Å². The molecule has 94 valence electrons. The standard InChI is InChI=1S/C13H13FN2O2/c14-10-1-3-11(4-2-10)16-6-9-5-15-7-13(18)12(9)8-17/h1-5,7,16-18H,6,8H2. The van der Waals surface area contributed by atoms with Crippen LogP contribution in [0.5, 0.6) is 5.75 Å². The van der Waals surface area contributed by atoms with Gasteiger partial charge in [-0.05, 0) is 29.8 Å². The van der Waals surface area contributed by atoms with Crippen molar-refractivity contribution >= 4 is 5.69 Å². The lowest BCUT2D eigenvalue weighted by Crippen LogP contribution is -2.04. The summed E-state index contributed by atoms with van der Waals surface area (Å²) in [6, 6.07) is 5.94. The molecule has 0 atom stereocenters. The fraction of sp³-hybridized carbons (Fsp3) is 0.154. The largest absolute Gasteiger partial charge is 0.506 e. The number of aromatic hydroxyl groups is 1. The van der Waals surface area contributed by atoms with Crippen molar-refractivity contribution in [3.8, 4) is 5.75 Å². The molecule has 18 heavy (non-hydrogen) atoms. The number of nitrogens with one attached hydrogen (secondary N) is 1. The summed E-state index contributed by atoms with van der Waals surface area (Å²) in [7, 11) is 0. The number of aliphatic hydroxyl groups is 1. The lowest BCUT2D eigenvalue weighted by molar-refractivity contribution is 0.274. The Bertz CT molecular complexity index is 529. The van der Waals surface area contributed by atoms with Crippen molar-refractivity contribution in [2.75, 3.05) is 5.32 Å². The summed E-state index contributed by atoms with van der Waals surface area (Å²) in [5, 5.41) is 21.8. The van der Waals surface area contributed by atoms with E-state index in [4.69, 9.17) is 5.11 Å². The fourth-order valence-electron chi connectivity index (χ4n) is 1.62. The van der Waals surface area contributed by atoms with Gasteiger partial charge in [-0.15, -0.1) is 0 Å². The zero-order valence-corrected chi connectivity index (χ0v) is 9.60. The maximum absolute atomic E-state index is 12.7. The molecule has 0 aliphatic carbocycles. The summed E-state index contributed by atoms with van der Waals surface area (Å²) in [6.07, 6.45) is 2.86. The molecule has 4 nitrogen and oxygen atoms in total. The highest BCUT2D eigenvalue weighted by Gasteiger charge is 2.07. The van der Waals surface area contributed by atoms with E-state index < -0.39 is 0 Å². The lowest BCUT2D eigenvalue weighted by Gasteiger charge is -2.10. The molecule has 1 aromatic carbocycles. The first-order valence-electron chi connectivity index (χ1n) is 5.45. The first-order valence-corrected chi connectivity index (χ1v) is 5.45. The highest BCUT2D eigenvalue weighted by Crippen LogP contribution is 2.20. The number of halogens is 1. The van der Waals surface area contributed by atoms with E-state index in [9.17, 15) is 9.50 Å². The molecular weight excluding hydrogens is 235 g/mol. The Morgan fingerprint density at radius 1 is 1.17 bits per heavy atom.